The Labute approximate surface area is 120 Å². The standard InChI is InChI=1S/C14H13ClFN3O/c1-8(13-5-2-9(16)7-18-13)19-10-3-4-12(15)11(6-10)14(17)20/h2-8,19H,1H3,(H2,17,20). The highest BCUT2D eigenvalue weighted by molar-refractivity contribution is 6.33. The fraction of sp³-hybridized carbons (Fsp3) is 0.143. The van der Waals surface area contributed by atoms with E-state index < -0.39 is 5.91 Å². The minimum atomic E-state index is -0.591. The van der Waals surface area contributed by atoms with Crippen molar-refractivity contribution in [3.8, 4) is 0 Å². The second kappa shape index (κ2) is 5.88. The van der Waals surface area contributed by atoms with Gasteiger partial charge >= 0.3 is 0 Å². The summed E-state index contributed by atoms with van der Waals surface area (Å²) in [5.41, 5.74) is 6.85. The van der Waals surface area contributed by atoms with E-state index >= 15 is 0 Å². The van der Waals surface area contributed by atoms with Crippen LogP contribution in [0.4, 0.5) is 10.1 Å². The Morgan fingerprint density at radius 1 is 1.40 bits per heavy atom. The summed E-state index contributed by atoms with van der Waals surface area (Å²) in [6.45, 7) is 1.87. The van der Waals surface area contributed by atoms with Crippen LogP contribution in [0, 0.1) is 5.82 Å². The number of anilines is 1. The van der Waals surface area contributed by atoms with Crippen LogP contribution >= 0.6 is 11.6 Å². The molecule has 20 heavy (non-hydrogen) atoms. The van der Waals surface area contributed by atoms with Gasteiger partial charge in [0.05, 0.1) is 28.5 Å². The van der Waals surface area contributed by atoms with Gasteiger partial charge in [0.15, 0.2) is 0 Å². The fourth-order valence-corrected chi connectivity index (χ4v) is 1.98. The number of nitrogens with two attached hydrogens (primary N) is 1. The lowest BCUT2D eigenvalue weighted by atomic mass is 10.1. The van der Waals surface area contributed by atoms with Crippen molar-refractivity contribution < 1.29 is 9.18 Å². The Balaban J connectivity index is 2.19. The molecule has 0 saturated carbocycles. The minimum absolute atomic E-state index is 0.155. The first-order valence-electron chi connectivity index (χ1n) is 5.94. The maximum Gasteiger partial charge on any atom is 0.250 e. The molecule has 0 aliphatic carbocycles. The van der Waals surface area contributed by atoms with Crippen molar-refractivity contribution in [2.75, 3.05) is 5.32 Å². The number of aromatic nitrogens is 1. The van der Waals surface area contributed by atoms with Crippen LogP contribution in [0.3, 0.4) is 0 Å². The lowest BCUT2D eigenvalue weighted by Crippen LogP contribution is -2.13. The number of rotatable bonds is 4. The topological polar surface area (TPSA) is 68.0 Å². The van der Waals surface area contributed by atoms with Crippen molar-refractivity contribution in [1.82, 2.24) is 4.98 Å². The van der Waals surface area contributed by atoms with Gasteiger partial charge in [-0.2, -0.15) is 0 Å². The van der Waals surface area contributed by atoms with E-state index in [4.69, 9.17) is 17.3 Å². The maximum atomic E-state index is 12.8. The molecule has 4 nitrogen and oxygen atoms in total. The molecule has 0 aliphatic heterocycles. The van der Waals surface area contributed by atoms with Crippen LogP contribution in [0.1, 0.15) is 29.0 Å². The number of hydrogen-bond donors (Lipinski definition) is 2. The number of halogens is 2. The van der Waals surface area contributed by atoms with Crippen LogP contribution < -0.4 is 11.1 Å². The average Bonchev–Trinajstić information content (AvgIpc) is 2.41. The molecule has 0 saturated heterocycles. The van der Waals surface area contributed by atoms with E-state index in [1.165, 1.54) is 6.07 Å². The molecule has 0 fully saturated rings. The van der Waals surface area contributed by atoms with E-state index in [-0.39, 0.29) is 17.4 Å². The molecule has 6 heteroatoms. The van der Waals surface area contributed by atoms with Gasteiger partial charge in [0.1, 0.15) is 5.82 Å². The van der Waals surface area contributed by atoms with Gasteiger partial charge in [0, 0.05) is 5.69 Å². The highest BCUT2D eigenvalue weighted by Gasteiger charge is 2.11. The summed E-state index contributed by atoms with van der Waals surface area (Å²) in [6.07, 6.45) is 1.16. The van der Waals surface area contributed by atoms with E-state index in [0.717, 1.165) is 6.20 Å². The molecule has 0 radical (unpaired) electrons. The molecule has 104 valence electrons. The number of carbonyl (C=O) groups is 1. The summed E-state index contributed by atoms with van der Waals surface area (Å²) in [4.78, 5) is 15.2. The Bertz CT molecular complexity index is 631. The summed E-state index contributed by atoms with van der Waals surface area (Å²) >= 11 is 5.88. The Morgan fingerprint density at radius 3 is 2.75 bits per heavy atom. The monoisotopic (exact) mass is 293 g/mol. The second-order valence-electron chi connectivity index (χ2n) is 4.33. The third-order valence-corrected chi connectivity index (χ3v) is 3.14. The SMILES string of the molecule is CC(Nc1ccc(Cl)c(C(N)=O)c1)c1ccc(F)cn1. The van der Waals surface area contributed by atoms with Crippen LogP contribution in [0.5, 0.6) is 0 Å². The number of primary amides is 1. The lowest BCUT2D eigenvalue weighted by molar-refractivity contribution is 0.100. The first-order chi connectivity index (χ1) is 9.47. The van der Waals surface area contributed by atoms with Crippen LogP contribution in [0.15, 0.2) is 36.5 Å². The van der Waals surface area contributed by atoms with Gasteiger partial charge in [0.25, 0.3) is 0 Å². The Hall–Kier alpha value is -2.14. The predicted molar refractivity (Wildman–Crippen MR) is 76.2 cm³/mol. The van der Waals surface area contributed by atoms with Gasteiger partial charge in [-0.1, -0.05) is 11.6 Å². The summed E-state index contributed by atoms with van der Waals surface area (Å²) in [5, 5.41) is 3.45. The third-order valence-electron chi connectivity index (χ3n) is 2.81. The summed E-state index contributed by atoms with van der Waals surface area (Å²) in [7, 11) is 0. The number of hydrogen-bond acceptors (Lipinski definition) is 3. The molecule has 2 aromatic rings. The van der Waals surface area contributed by atoms with E-state index in [1.54, 1.807) is 24.3 Å². The van der Waals surface area contributed by atoms with E-state index in [0.29, 0.717) is 16.4 Å². The van der Waals surface area contributed by atoms with E-state index in [1.807, 2.05) is 6.92 Å². The lowest BCUT2D eigenvalue weighted by Gasteiger charge is -2.15. The molecule has 3 N–H and O–H groups in total. The zero-order chi connectivity index (χ0) is 14.7. The van der Waals surface area contributed by atoms with Gasteiger partial charge < -0.3 is 11.1 Å². The highest BCUT2D eigenvalue weighted by atomic mass is 35.5. The van der Waals surface area contributed by atoms with Crippen LogP contribution in [-0.2, 0) is 0 Å². The first kappa shape index (κ1) is 14.3. The summed E-state index contributed by atoms with van der Waals surface area (Å²) in [5.74, 6) is -0.977. The molecule has 0 bridgehead atoms. The fourth-order valence-electron chi connectivity index (χ4n) is 1.77. The summed E-state index contributed by atoms with van der Waals surface area (Å²) < 4.78 is 12.8. The molecular weight excluding hydrogens is 281 g/mol. The Kier molecular flexibility index (Phi) is 4.20. The van der Waals surface area contributed by atoms with Gasteiger partial charge in [-0.3, -0.25) is 9.78 Å². The minimum Gasteiger partial charge on any atom is -0.377 e. The van der Waals surface area contributed by atoms with Crippen LogP contribution in [0.25, 0.3) is 0 Å². The van der Waals surface area contributed by atoms with Crippen LogP contribution in [-0.4, -0.2) is 10.9 Å². The van der Waals surface area contributed by atoms with Gasteiger partial charge in [-0.25, -0.2) is 4.39 Å². The number of carbonyl (C=O) groups excluding carboxylic acids is 1. The normalized spacial score (nSPS) is 11.9. The third kappa shape index (κ3) is 3.24. The van der Waals surface area contributed by atoms with E-state index in [2.05, 4.69) is 10.3 Å². The first-order valence-corrected chi connectivity index (χ1v) is 6.32. The molecule has 0 aliphatic rings. The maximum absolute atomic E-state index is 12.8. The number of benzene rings is 1. The molecule has 1 aromatic carbocycles. The average molecular weight is 294 g/mol. The Morgan fingerprint density at radius 2 is 2.15 bits per heavy atom. The quantitative estimate of drug-likeness (QED) is 0.910. The zero-order valence-electron chi connectivity index (χ0n) is 10.7. The molecule has 1 atom stereocenters. The smallest absolute Gasteiger partial charge is 0.250 e. The predicted octanol–water partition coefficient (Wildman–Crippen LogP) is 3.15. The van der Waals surface area contributed by atoms with E-state index in [9.17, 15) is 9.18 Å². The molecule has 1 amide bonds. The number of nitrogens with zero attached hydrogens (tertiary/aromatic N) is 1. The van der Waals surface area contributed by atoms with Crippen molar-refractivity contribution in [2.24, 2.45) is 5.73 Å². The van der Waals surface area contributed by atoms with Gasteiger partial charge in [0.2, 0.25) is 5.91 Å². The molecule has 1 unspecified atom stereocenters. The molecule has 2 rings (SSSR count). The molecular formula is C14H13ClFN3O. The van der Waals surface area contributed by atoms with Crippen molar-refractivity contribution in [3.63, 3.8) is 0 Å². The van der Waals surface area contributed by atoms with Crippen LogP contribution in [0.2, 0.25) is 5.02 Å². The number of amides is 1. The number of nitrogens with one attached hydrogen (secondary N) is 1. The van der Waals surface area contributed by atoms with Crippen molar-refractivity contribution >= 4 is 23.2 Å². The van der Waals surface area contributed by atoms with Crippen molar-refractivity contribution in [3.05, 3.63) is 58.6 Å². The molecule has 1 aromatic heterocycles. The largest absolute Gasteiger partial charge is 0.377 e. The van der Waals surface area contributed by atoms with Gasteiger partial charge in [-0.15, -0.1) is 0 Å². The van der Waals surface area contributed by atoms with Gasteiger partial charge in [-0.05, 0) is 37.3 Å². The number of pyridine rings is 1. The highest BCUT2D eigenvalue weighted by Crippen LogP contribution is 2.23. The molecule has 0 spiro atoms. The second-order valence-corrected chi connectivity index (χ2v) is 4.73. The summed E-state index contributed by atoms with van der Waals surface area (Å²) in [6, 6.07) is 7.68. The molecule has 1 heterocycles. The zero-order valence-corrected chi connectivity index (χ0v) is 11.5. The van der Waals surface area contributed by atoms with Crippen molar-refractivity contribution in [1.29, 1.82) is 0 Å². The van der Waals surface area contributed by atoms with Crippen molar-refractivity contribution in [2.45, 2.75) is 13.0 Å².